The SMILES string of the molecule is CCNC(c1cccc(CC(C)C)c1)c1ncc(C)cn1. The summed E-state index contributed by atoms with van der Waals surface area (Å²) in [5, 5.41) is 3.49. The maximum Gasteiger partial charge on any atom is 0.149 e. The lowest BCUT2D eigenvalue weighted by molar-refractivity contribution is 0.594. The van der Waals surface area contributed by atoms with Gasteiger partial charge in [0, 0.05) is 12.4 Å². The molecular weight excluding hydrogens is 258 g/mol. The van der Waals surface area contributed by atoms with E-state index in [0.717, 1.165) is 24.4 Å². The van der Waals surface area contributed by atoms with E-state index in [1.807, 2.05) is 19.3 Å². The second-order valence-corrected chi connectivity index (χ2v) is 5.95. The number of aromatic nitrogens is 2. The van der Waals surface area contributed by atoms with Crippen LogP contribution in [-0.2, 0) is 6.42 Å². The quantitative estimate of drug-likeness (QED) is 0.878. The number of hydrogen-bond acceptors (Lipinski definition) is 3. The zero-order chi connectivity index (χ0) is 15.2. The minimum absolute atomic E-state index is 0.0581. The van der Waals surface area contributed by atoms with Gasteiger partial charge < -0.3 is 5.32 Å². The van der Waals surface area contributed by atoms with Gasteiger partial charge in [-0.25, -0.2) is 9.97 Å². The fourth-order valence-electron chi connectivity index (χ4n) is 2.49. The van der Waals surface area contributed by atoms with Gasteiger partial charge in [0.2, 0.25) is 0 Å². The van der Waals surface area contributed by atoms with Crippen LogP contribution in [0.4, 0.5) is 0 Å². The van der Waals surface area contributed by atoms with Gasteiger partial charge in [-0.3, -0.25) is 0 Å². The molecule has 0 aliphatic heterocycles. The normalized spacial score (nSPS) is 12.6. The third kappa shape index (κ3) is 4.36. The topological polar surface area (TPSA) is 37.8 Å². The molecule has 1 atom stereocenters. The van der Waals surface area contributed by atoms with Crippen LogP contribution >= 0.6 is 0 Å². The van der Waals surface area contributed by atoms with Gasteiger partial charge in [0.1, 0.15) is 5.82 Å². The molecule has 0 aliphatic carbocycles. The molecule has 1 N–H and O–H groups in total. The fourth-order valence-corrected chi connectivity index (χ4v) is 2.49. The van der Waals surface area contributed by atoms with Crippen molar-refractivity contribution in [2.75, 3.05) is 6.54 Å². The Balaban J connectivity index is 2.31. The minimum atomic E-state index is 0.0581. The molecule has 1 heterocycles. The Labute approximate surface area is 127 Å². The maximum absolute atomic E-state index is 4.49. The van der Waals surface area contributed by atoms with Crippen molar-refractivity contribution in [2.24, 2.45) is 5.92 Å². The molecule has 0 aliphatic rings. The molecule has 0 bridgehead atoms. The molecular formula is C18H25N3. The van der Waals surface area contributed by atoms with Crippen molar-refractivity contribution in [3.63, 3.8) is 0 Å². The Morgan fingerprint density at radius 2 is 1.86 bits per heavy atom. The standard InChI is InChI=1S/C18H25N3/c1-5-19-17(18-20-11-14(4)12-21-18)16-8-6-7-15(10-16)9-13(2)3/h6-8,10-13,17,19H,5,9H2,1-4H3. The molecule has 1 aromatic heterocycles. The summed E-state index contributed by atoms with van der Waals surface area (Å²) in [6.07, 6.45) is 4.86. The first kappa shape index (κ1) is 15.6. The average molecular weight is 283 g/mol. The summed E-state index contributed by atoms with van der Waals surface area (Å²) < 4.78 is 0. The van der Waals surface area contributed by atoms with Crippen LogP contribution in [0.15, 0.2) is 36.7 Å². The van der Waals surface area contributed by atoms with Crippen LogP contribution in [0.1, 0.15) is 49.3 Å². The molecule has 0 amide bonds. The van der Waals surface area contributed by atoms with Crippen molar-refractivity contribution >= 4 is 0 Å². The third-order valence-corrected chi connectivity index (χ3v) is 3.40. The Morgan fingerprint density at radius 1 is 1.14 bits per heavy atom. The molecule has 0 saturated carbocycles. The van der Waals surface area contributed by atoms with Crippen molar-refractivity contribution in [3.05, 3.63) is 59.2 Å². The van der Waals surface area contributed by atoms with Crippen molar-refractivity contribution in [1.82, 2.24) is 15.3 Å². The van der Waals surface area contributed by atoms with Crippen molar-refractivity contribution in [1.29, 1.82) is 0 Å². The average Bonchev–Trinajstić information content (AvgIpc) is 2.45. The summed E-state index contributed by atoms with van der Waals surface area (Å²) in [5.41, 5.74) is 3.69. The Kier molecular flexibility index (Phi) is 5.45. The van der Waals surface area contributed by atoms with E-state index in [1.165, 1.54) is 11.1 Å². The number of benzene rings is 1. The van der Waals surface area contributed by atoms with Gasteiger partial charge in [-0.1, -0.05) is 45.0 Å². The smallest absolute Gasteiger partial charge is 0.149 e. The Bertz CT molecular complexity index is 561. The molecule has 2 aromatic rings. The van der Waals surface area contributed by atoms with Gasteiger partial charge in [-0.15, -0.1) is 0 Å². The molecule has 0 spiro atoms. The maximum atomic E-state index is 4.49. The summed E-state index contributed by atoms with van der Waals surface area (Å²) in [6, 6.07) is 8.81. The van der Waals surface area contributed by atoms with E-state index in [4.69, 9.17) is 0 Å². The van der Waals surface area contributed by atoms with E-state index in [1.54, 1.807) is 0 Å². The van der Waals surface area contributed by atoms with Gasteiger partial charge in [0.15, 0.2) is 0 Å². The van der Waals surface area contributed by atoms with Crippen LogP contribution < -0.4 is 5.32 Å². The molecule has 1 aromatic carbocycles. The largest absolute Gasteiger partial charge is 0.304 e. The summed E-state index contributed by atoms with van der Waals surface area (Å²) in [4.78, 5) is 8.98. The summed E-state index contributed by atoms with van der Waals surface area (Å²) in [7, 11) is 0. The fraction of sp³-hybridized carbons (Fsp3) is 0.444. The highest BCUT2D eigenvalue weighted by Gasteiger charge is 2.16. The molecule has 0 saturated heterocycles. The lowest BCUT2D eigenvalue weighted by Crippen LogP contribution is -2.24. The molecule has 3 nitrogen and oxygen atoms in total. The Hall–Kier alpha value is -1.74. The molecule has 21 heavy (non-hydrogen) atoms. The minimum Gasteiger partial charge on any atom is -0.304 e. The predicted octanol–water partition coefficient (Wildman–Crippen LogP) is 3.68. The van der Waals surface area contributed by atoms with Crippen molar-refractivity contribution in [2.45, 2.75) is 40.2 Å². The molecule has 2 rings (SSSR count). The molecule has 3 heteroatoms. The van der Waals surface area contributed by atoms with Crippen LogP contribution in [0.25, 0.3) is 0 Å². The molecule has 0 radical (unpaired) electrons. The van der Waals surface area contributed by atoms with Gasteiger partial charge >= 0.3 is 0 Å². The number of aryl methyl sites for hydroxylation is 1. The summed E-state index contributed by atoms with van der Waals surface area (Å²) >= 11 is 0. The van der Waals surface area contributed by atoms with Gasteiger partial charge in [-0.2, -0.15) is 0 Å². The highest BCUT2D eigenvalue weighted by atomic mass is 15.0. The number of rotatable bonds is 6. The van der Waals surface area contributed by atoms with Crippen LogP contribution in [0, 0.1) is 12.8 Å². The van der Waals surface area contributed by atoms with Crippen LogP contribution in [-0.4, -0.2) is 16.5 Å². The summed E-state index contributed by atoms with van der Waals surface area (Å²) in [6.45, 7) is 9.50. The highest BCUT2D eigenvalue weighted by Crippen LogP contribution is 2.21. The lowest BCUT2D eigenvalue weighted by Gasteiger charge is -2.18. The van der Waals surface area contributed by atoms with Crippen LogP contribution in [0.2, 0.25) is 0 Å². The number of hydrogen-bond donors (Lipinski definition) is 1. The summed E-state index contributed by atoms with van der Waals surface area (Å²) in [5.74, 6) is 1.50. The predicted molar refractivity (Wildman–Crippen MR) is 87.3 cm³/mol. The van der Waals surface area contributed by atoms with Gasteiger partial charge in [-0.05, 0) is 42.5 Å². The Morgan fingerprint density at radius 3 is 2.48 bits per heavy atom. The van der Waals surface area contributed by atoms with Gasteiger partial charge in [0.05, 0.1) is 6.04 Å². The highest BCUT2D eigenvalue weighted by molar-refractivity contribution is 5.30. The molecule has 1 unspecified atom stereocenters. The third-order valence-electron chi connectivity index (χ3n) is 3.40. The first-order chi connectivity index (χ1) is 10.1. The second-order valence-electron chi connectivity index (χ2n) is 5.95. The monoisotopic (exact) mass is 283 g/mol. The van der Waals surface area contributed by atoms with E-state index >= 15 is 0 Å². The van der Waals surface area contributed by atoms with Crippen molar-refractivity contribution in [3.8, 4) is 0 Å². The van der Waals surface area contributed by atoms with E-state index < -0.39 is 0 Å². The second kappa shape index (κ2) is 7.32. The van der Waals surface area contributed by atoms with E-state index in [2.05, 4.69) is 60.3 Å². The molecule has 0 fully saturated rings. The van der Waals surface area contributed by atoms with Crippen LogP contribution in [0.5, 0.6) is 0 Å². The number of nitrogens with zero attached hydrogens (tertiary/aromatic N) is 2. The lowest BCUT2D eigenvalue weighted by atomic mass is 9.98. The van der Waals surface area contributed by atoms with E-state index in [9.17, 15) is 0 Å². The van der Waals surface area contributed by atoms with Crippen LogP contribution in [0.3, 0.4) is 0 Å². The zero-order valence-corrected chi connectivity index (χ0v) is 13.4. The first-order valence-electron chi connectivity index (χ1n) is 7.71. The first-order valence-corrected chi connectivity index (χ1v) is 7.71. The van der Waals surface area contributed by atoms with E-state index in [0.29, 0.717) is 5.92 Å². The van der Waals surface area contributed by atoms with E-state index in [-0.39, 0.29) is 6.04 Å². The zero-order valence-electron chi connectivity index (χ0n) is 13.4. The number of nitrogens with one attached hydrogen (secondary N) is 1. The van der Waals surface area contributed by atoms with Gasteiger partial charge in [0.25, 0.3) is 0 Å². The van der Waals surface area contributed by atoms with Crippen molar-refractivity contribution < 1.29 is 0 Å². The molecule has 112 valence electrons.